The summed E-state index contributed by atoms with van der Waals surface area (Å²) in [5.74, 6) is -0.0846. The van der Waals surface area contributed by atoms with Gasteiger partial charge in [0.15, 0.2) is 0 Å². The van der Waals surface area contributed by atoms with Crippen LogP contribution in [0.4, 0.5) is 5.69 Å². The summed E-state index contributed by atoms with van der Waals surface area (Å²) in [4.78, 5) is 14.9. The number of benzene rings is 2. The molecule has 1 fully saturated rings. The number of anilines is 1. The van der Waals surface area contributed by atoms with Crippen molar-refractivity contribution in [3.63, 3.8) is 0 Å². The zero-order chi connectivity index (χ0) is 18.9. The van der Waals surface area contributed by atoms with E-state index in [9.17, 15) is 13.2 Å². The Balaban J connectivity index is 1.55. The van der Waals surface area contributed by atoms with Crippen LogP contribution < -0.4 is 4.90 Å². The fourth-order valence-electron chi connectivity index (χ4n) is 3.91. The maximum atomic E-state index is 12.9. The van der Waals surface area contributed by atoms with Gasteiger partial charge in [-0.15, -0.1) is 0 Å². The van der Waals surface area contributed by atoms with Crippen molar-refractivity contribution >= 4 is 21.6 Å². The topological polar surface area (TPSA) is 57.7 Å². The number of carbonyl (C=O) groups excluding carboxylic acids is 1. The molecule has 6 heteroatoms. The molecular weight excluding hydrogens is 360 g/mol. The molecule has 0 aromatic heterocycles. The lowest BCUT2D eigenvalue weighted by molar-refractivity contribution is 0.0989. The highest BCUT2D eigenvalue weighted by Gasteiger charge is 2.27. The summed E-state index contributed by atoms with van der Waals surface area (Å²) in [6.07, 6.45) is 4.82. The van der Waals surface area contributed by atoms with Crippen molar-refractivity contribution in [2.45, 2.75) is 37.0 Å². The highest BCUT2D eigenvalue weighted by atomic mass is 32.2. The maximum absolute atomic E-state index is 12.9. The van der Waals surface area contributed by atoms with Gasteiger partial charge in [-0.1, -0.05) is 31.0 Å². The maximum Gasteiger partial charge on any atom is 0.258 e. The summed E-state index contributed by atoms with van der Waals surface area (Å²) in [7, 11) is -3.49. The van der Waals surface area contributed by atoms with Gasteiger partial charge in [0.2, 0.25) is 10.0 Å². The molecule has 142 valence electrons. The molecule has 0 radical (unpaired) electrons. The largest absolute Gasteiger partial charge is 0.308 e. The molecule has 1 saturated heterocycles. The first-order valence-corrected chi connectivity index (χ1v) is 11.0. The van der Waals surface area contributed by atoms with Crippen molar-refractivity contribution in [3.05, 3.63) is 59.7 Å². The molecule has 0 atom stereocenters. The average molecular weight is 385 g/mol. The van der Waals surface area contributed by atoms with Gasteiger partial charge in [0.05, 0.1) is 4.90 Å². The van der Waals surface area contributed by atoms with Gasteiger partial charge < -0.3 is 4.90 Å². The first kappa shape index (κ1) is 18.2. The monoisotopic (exact) mass is 384 g/mol. The van der Waals surface area contributed by atoms with Gasteiger partial charge in [0.25, 0.3) is 5.91 Å². The van der Waals surface area contributed by atoms with Crippen molar-refractivity contribution in [3.8, 4) is 0 Å². The van der Waals surface area contributed by atoms with Crippen molar-refractivity contribution < 1.29 is 13.2 Å². The number of nitrogens with zero attached hydrogens (tertiary/aromatic N) is 2. The molecule has 2 aliphatic rings. The van der Waals surface area contributed by atoms with Crippen LogP contribution in [0.2, 0.25) is 0 Å². The SMILES string of the molecule is O=C(c1ccc(S(=O)(=O)N2CCCCCC2)cc1)N1CCc2ccccc21. The van der Waals surface area contributed by atoms with Crippen LogP contribution in [0, 0.1) is 0 Å². The fraction of sp³-hybridized carbons (Fsp3) is 0.381. The van der Waals surface area contributed by atoms with Crippen LogP contribution in [0.25, 0.3) is 0 Å². The van der Waals surface area contributed by atoms with E-state index in [1.54, 1.807) is 33.5 Å². The molecule has 2 heterocycles. The van der Waals surface area contributed by atoms with E-state index in [2.05, 4.69) is 0 Å². The van der Waals surface area contributed by atoms with Crippen LogP contribution in [0.15, 0.2) is 53.4 Å². The number of hydrogen-bond acceptors (Lipinski definition) is 3. The summed E-state index contributed by atoms with van der Waals surface area (Å²) in [5, 5.41) is 0. The molecule has 0 saturated carbocycles. The quantitative estimate of drug-likeness (QED) is 0.814. The Bertz CT molecular complexity index is 930. The minimum Gasteiger partial charge on any atom is -0.308 e. The number of hydrogen-bond donors (Lipinski definition) is 0. The molecule has 4 rings (SSSR count). The second-order valence-corrected chi connectivity index (χ2v) is 9.12. The number of fused-ring (bicyclic) bond motifs is 1. The Morgan fingerprint density at radius 2 is 1.48 bits per heavy atom. The summed E-state index contributed by atoms with van der Waals surface area (Å²) in [6.45, 7) is 1.81. The number of sulfonamides is 1. The summed E-state index contributed by atoms with van der Waals surface area (Å²) in [6, 6.07) is 14.3. The summed E-state index contributed by atoms with van der Waals surface area (Å²) in [5.41, 5.74) is 2.64. The van der Waals surface area contributed by atoms with Crippen molar-refractivity contribution in [1.29, 1.82) is 0 Å². The third-order valence-electron chi connectivity index (χ3n) is 5.44. The third-order valence-corrected chi connectivity index (χ3v) is 7.35. The molecule has 5 nitrogen and oxygen atoms in total. The van der Waals surface area contributed by atoms with Crippen molar-refractivity contribution in [2.24, 2.45) is 0 Å². The van der Waals surface area contributed by atoms with Crippen LogP contribution >= 0.6 is 0 Å². The van der Waals surface area contributed by atoms with E-state index in [1.807, 2.05) is 24.3 Å². The number of carbonyl (C=O) groups is 1. The lowest BCUT2D eigenvalue weighted by atomic mass is 10.1. The molecule has 0 spiro atoms. The highest BCUT2D eigenvalue weighted by molar-refractivity contribution is 7.89. The van der Waals surface area contributed by atoms with Gasteiger partial charge >= 0.3 is 0 Å². The molecule has 0 bridgehead atoms. The number of para-hydroxylation sites is 1. The van der Waals surface area contributed by atoms with Gasteiger partial charge in [-0.25, -0.2) is 8.42 Å². The first-order chi connectivity index (χ1) is 13.1. The van der Waals surface area contributed by atoms with Crippen molar-refractivity contribution in [2.75, 3.05) is 24.5 Å². The predicted molar refractivity (Wildman–Crippen MR) is 105 cm³/mol. The fourth-order valence-corrected chi connectivity index (χ4v) is 5.42. The smallest absolute Gasteiger partial charge is 0.258 e. The molecule has 0 N–H and O–H groups in total. The van der Waals surface area contributed by atoms with Gasteiger partial charge in [-0.3, -0.25) is 4.79 Å². The molecule has 1 amide bonds. The highest BCUT2D eigenvalue weighted by Crippen LogP contribution is 2.29. The van der Waals surface area contributed by atoms with Crippen LogP contribution in [-0.4, -0.2) is 38.3 Å². The molecular formula is C21H24N2O3S. The van der Waals surface area contributed by atoms with Crippen LogP contribution in [-0.2, 0) is 16.4 Å². The third kappa shape index (κ3) is 3.51. The normalized spacial score (nSPS) is 18.1. The van der Waals surface area contributed by atoms with E-state index >= 15 is 0 Å². The van der Waals surface area contributed by atoms with Crippen LogP contribution in [0.3, 0.4) is 0 Å². The molecule has 27 heavy (non-hydrogen) atoms. The zero-order valence-electron chi connectivity index (χ0n) is 15.3. The predicted octanol–water partition coefficient (Wildman–Crippen LogP) is 3.45. The van der Waals surface area contributed by atoms with Crippen molar-refractivity contribution in [1.82, 2.24) is 4.31 Å². The Kier molecular flexibility index (Phi) is 5.02. The van der Waals surface area contributed by atoms with E-state index in [4.69, 9.17) is 0 Å². The lowest BCUT2D eigenvalue weighted by Gasteiger charge is -2.20. The van der Waals surface area contributed by atoms with Gasteiger partial charge in [-0.05, 0) is 55.2 Å². The Morgan fingerprint density at radius 3 is 2.19 bits per heavy atom. The average Bonchev–Trinajstić information content (AvgIpc) is 2.92. The van der Waals surface area contributed by atoms with E-state index in [0.717, 1.165) is 37.8 Å². The molecule has 0 unspecified atom stereocenters. The number of amides is 1. The number of rotatable bonds is 3. The standard InChI is InChI=1S/C21H24N2O3S/c24-21(23-16-13-17-7-3-4-8-20(17)23)18-9-11-19(12-10-18)27(25,26)22-14-5-1-2-6-15-22/h3-4,7-12H,1-2,5-6,13-16H2. The van der Waals surface area contributed by atoms with Crippen LogP contribution in [0.1, 0.15) is 41.6 Å². The van der Waals surface area contributed by atoms with E-state index in [1.165, 1.54) is 5.56 Å². The minimum atomic E-state index is -3.49. The van der Waals surface area contributed by atoms with E-state index in [0.29, 0.717) is 25.2 Å². The van der Waals surface area contributed by atoms with Gasteiger partial charge in [0, 0.05) is 30.9 Å². The van der Waals surface area contributed by atoms with Gasteiger partial charge in [0.1, 0.15) is 0 Å². The van der Waals surface area contributed by atoms with Gasteiger partial charge in [-0.2, -0.15) is 4.31 Å². The lowest BCUT2D eigenvalue weighted by Crippen LogP contribution is -2.32. The minimum absolute atomic E-state index is 0.0846. The zero-order valence-corrected chi connectivity index (χ0v) is 16.1. The second kappa shape index (κ2) is 7.44. The molecule has 0 aliphatic carbocycles. The molecule has 2 aromatic carbocycles. The summed E-state index contributed by atoms with van der Waals surface area (Å²) < 4.78 is 27.3. The second-order valence-electron chi connectivity index (χ2n) is 7.18. The first-order valence-electron chi connectivity index (χ1n) is 9.57. The van der Waals surface area contributed by atoms with E-state index in [-0.39, 0.29) is 10.8 Å². The molecule has 2 aromatic rings. The Labute approximate surface area is 160 Å². The van der Waals surface area contributed by atoms with Crippen LogP contribution in [0.5, 0.6) is 0 Å². The summed E-state index contributed by atoms with van der Waals surface area (Å²) >= 11 is 0. The Hall–Kier alpha value is -2.18. The van der Waals surface area contributed by atoms with E-state index < -0.39 is 10.0 Å². The Morgan fingerprint density at radius 1 is 0.815 bits per heavy atom. The molecule has 2 aliphatic heterocycles.